The summed E-state index contributed by atoms with van der Waals surface area (Å²) < 4.78 is 1.13. The van der Waals surface area contributed by atoms with E-state index >= 15 is 0 Å². The quantitative estimate of drug-likeness (QED) is 0.348. The highest BCUT2D eigenvalue weighted by molar-refractivity contribution is 14.1. The van der Waals surface area contributed by atoms with Crippen molar-refractivity contribution in [2.45, 2.75) is 25.7 Å². The van der Waals surface area contributed by atoms with Crippen molar-refractivity contribution in [2.75, 3.05) is 4.43 Å². The molecular formula is C8H13IO2. The lowest BCUT2D eigenvalue weighted by atomic mass is 10.2. The predicted octanol–water partition coefficient (Wildman–Crippen LogP) is 2.62. The first-order valence-corrected chi connectivity index (χ1v) is 5.22. The summed E-state index contributed by atoms with van der Waals surface area (Å²) in [7, 11) is 0. The highest BCUT2D eigenvalue weighted by atomic mass is 127. The Kier molecular flexibility index (Phi) is 8.00. The largest absolute Gasteiger partial charge is 0.481 e. The maximum absolute atomic E-state index is 10.1. The first kappa shape index (κ1) is 10.9. The molecule has 0 amide bonds. The average Bonchev–Trinajstić information content (AvgIpc) is 1.96. The van der Waals surface area contributed by atoms with Crippen LogP contribution in [0.5, 0.6) is 0 Å². The second-order valence-electron chi connectivity index (χ2n) is 2.24. The summed E-state index contributed by atoms with van der Waals surface area (Å²) in [6.45, 7) is 0. The number of hydrogen-bond donors (Lipinski definition) is 1. The fraction of sp³-hybridized carbons (Fsp3) is 0.625. The minimum absolute atomic E-state index is 0.286. The number of hydrogen-bond acceptors (Lipinski definition) is 1. The molecule has 0 aromatic heterocycles. The predicted molar refractivity (Wildman–Crippen MR) is 54.1 cm³/mol. The van der Waals surface area contributed by atoms with E-state index in [1.54, 1.807) is 0 Å². The van der Waals surface area contributed by atoms with Crippen LogP contribution in [0, 0.1) is 0 Å². The molecule has 0 radical (unpaired) electrons. The molecule has 3 heteroatoms. The summed E-state index contributed by atoms with van der Waals surface area (Å²) in [5.74, 6) is -0.702. The maximum atomic E-state index is 10.1. The average molecular weight is 268 g/mol. The van der Waals surface area contributed by atoms with Crippen LogP contribution in [-0.4, -0.2) is 15.5 Å². The minimum atomic E-state index is -0.702. The van der Waals surface area contributed by atoms with Crippen molar-refractivity contribution in [3.05, 3.63) is 12.2 Å². The molecule has 0 aliphatic carbocycles. The van der Waals surface area contributed by atoms with Crippen molar-refractivity contribution in [1.29, 1.82) is 0 Å². The Balaban J connectivity index is 3.07. The van der Waals surface area contributed by atoms with Crippen LogP contribution in [0.25, 0.3) is 0 Å². The Hall–Kier alpha value is -0.0600. The lowest BCUT2D eigenvalue weighted by molar-refractivity contribution is -0.137. The van der Waals surface area contributed by atoms with Crippen molar-refractivity contribution in [3.8, 4) is 0 Å². The smallest absolute Gasteiger partial charge is 0.303 e. The van der Waals surface area contributed by atoms with Gasteiger partial charge in [0, 0.05) is 10.8 Å². The molecular weight excluding hydrogens is 255 g/mol. The molecule has 0 aliphatic heterocycles. The van der Waals surface area contributed by atoms with E-state index in [2.05, 4.69) is 34.7 Å². The SMILES string of the molecule is O=C(O)CCCC=CCCI. The fourth-order valence-corrected chi connectivity index (χ4v) is 1.03. The van der Waals surface area contributed by atoms with Gasteiger partial charge in [0.2, 0.25) is 0 Å². The van der Waals surface area contributed by atoms with E-state index < -0.39 is 5.97 Å². The van der Waals surface area contributed by atoms with Gasteiger partial charge in [-0.25, -0.2) is 0 Å². The number of unbranched alkanes of at least 4 members (excludes halogenated alkanes) is 1. The zero-order valence-electron chi connectivity index (χ0n) is 6.42. The van der Waals surface area contributed by atoms with Crippen LogP contribution in [0.15, 0.2) is 12.2 Å². The van der Waals surface area contributed by atoms with Crippen molar-refractivity contribution in [1.82, 2.24) is 0 Å². The molecule has 0 aliphatic rings. The Labute approximate surface area is 80.8 Å². The van der Waals surface area contributed by atoms with Gasteiger partial charge in [-0.3, -0.25) is 4.79 Å². The van der Waals surface area contributed by atoms with Crippen molar-refractivity contribution >= 4 is 28.6 Å². The van der Waals surface area contributed by atoms with Crippen LogP contribution < -0.4 is 0 Å². The molecule has 0 saturated heterocycles. The highest BCUT2D eigenvalue weighted by Gasteiger charge is 1.92. The van der Waals surface area contributed by atoms with Gasteiger partial charge in [0.15, 0.2) is 0 Å². The third kappa shape index (κ3) is 9.94. The highest BCUT2D eigenvalue weighted by Crippen LogP contribution is 1.98. The number of allylic oxidation sites excluding steroid dienone is 2. The zero-order valence-corrected chi connectivity index (χ0v) is 8.58. The van der Waals surface area contributed by atoms with Gasteiger partial charge in [0.25, 0.3) is 0 Å². The molecule has 11 heavy (non-hydrogen) atoms. The van der Waals surface area contributed by atoms with Crippen LogP contribution >= 0.6 is 22.6 Å². The molecule has 1 N–H and O–H groups in total. The van der Waals surface area contributed by atoms with E-state index in [1.807, 2.05) is 0 Å². The van der Waals surface area contributed by atoms with E-state index in [9.17, 15) is 4.79 Å². The molecule has 0 unspecified atom stereocenters. The van der Waals surface area contributed by atoms with Crippen LogP contribution in [0.1, 0.15) is 25.7 Å². The second kappa shape index (κ2) is 8.04. The number of rotatable bonds is 6. The van der Waals surface area contributed by atoms with E-state index in [4.69, 9.17) is 5.11 Å². The first-order valence-electron chi connectivity index (χ1n) is 3.70. The van der Waals surface area contributed by atoms with Gasteiger partial charge in [-0.2, -0.15) is 0 Å². The van der Waals surface area contributed by atoms with Gasteiger partial charge in [0.1, 0.15) is 0 Å². The first-order chi connectivity index (χ1) is 5.27. The van der Waals surface area contributed by atoms with Gasteiger partial charge in [-0.15, -0.1) is 0 Å². The van der Waals surface area contributed by atoms with E-state index in [-0.39, 0.29) is 6.42 Å². The van der Waals surface area contributed by atoms with Crippen LogP contribution in [0.4, 0.5) is 0 Å². The molecule has 0 spiro atoms. The maximum Gasteiger partial charge on any atom is 0.303 e. The van der Waals surface area contributed by atoms with E-state index in [0.29, 0.717) is 0 Å². The van der Waals surface area contributed by atoms with E-state index in [0.717, 1.165) is 23.7 Å². The molecule has 0 fully saturated rings. The summed E-state index contributed by atoms with van der Waals surface area (Å²) in [6.07, 6.45) is 7.19. The molecule has 0 aromatic rings. The topological polar surface area (TPSA) is 37.3 Å². The van der Waals surface area contributed by atoms with Crippen molar-refractivity contribution < 1.29 is 9.90 Å². The number of aliphatic carboxylic acids is 1. The second-order valence-corrected chi connectivity index (χ2v) is 3.31. The number of alkyl halides is 1. The number of carboxylic acids is 1. The normalized spacial score (nSPS) is 10.6. The molecule has 0 heterocycles. The van der Waals surface area contributed by atoms with Gasteiger partial charge >= 0.3 is 5.97 Å². The summed E-state index contributed by atoms with van der Waals surface area (Å²) in [4.78, 5) is 10.1. The monoisotopic (exact) mass is 268 g/mol. The molecule has 0 bridgehead atoms. The summed E-state index contributed by atoms with van der Waals surface area (Å²) in [5, 5.41) is 8.29. The molecule has 0 aromatic carbocycles. The van der Waals surface area contributed by atoms with E-state index in [1.165, 1.54) is 0 Å². The van der Waals surface area contributed by atoms with Gasteiger partial charge in [-0.1, -0.05) is 34.7 Å². The molecule has 2 nitrogen and oxygen atoms in total. The third-order valence-electron chi connectivity index (χ3n) is 1.20. The van der Waals surface area contributed by atoms with Crippen LogP contribution in [0.2, 0.25) is 0 Å². The Morgan fingerprint density at radius 3 is 2.55 bits per heavy atom. The molecule has 0 atom stereocenters. The summed E-state index contributed by atoms with van der Waals surface area (Å²) in [6, 6.07) is 0. The zero-order chi connectivity index (χ0) is 8.53. The Morgan fingerprint density at radius 2 is 2.00 bits per heavy atom. The lowest BCUT2D eigenvalue weighted by Crippen LogP contribution is -1.92. The van der Waals surface area contributed by atoms with Gasteiger partial charge in [0.05, 0.1) is 0 Å². The standard InChI is InChI=1S/C8H13IO2/c9-7-5-3-1-2-4-6-8(10)11/h1,3H,2,4-7H2,(H,10,11). The van der Waals surface area contributed by atoms with Crippen LogP contribution in [0.3, 0.4) is 0 Å². The molecule has 64 valence electrons. The van der Waals surface area contributed by atoms with Crippen molar-refractivity contribution in [2.24, 2.45) is 0 Å². The molecule has 0 rings (SSSR count). The summed E-state index contributed by atoms with van der Waals surface area (Å²) >= 11 is 2.31. The number of halogens is 1. The van der Waals surface area contributed by atoms with Gasteiger partial charge in [-0.05, 0) is 19.3 Å². The van der Waals surface area contributed by atoms with Crippen molar-refractivity contribution in [3.63, 3.8) is 0 Å². The lowest BCUT2D eigenvalue weighted by Gasteiger charge is -1.89. The number of carboxylic acid groups (broad SMARTS) is 1. The Morgan fingerprint density at radius 1 is 1.36 bits per heavy atom. The summed E-state index contributed by atoms with van der Waals surface area (Å²) in [5.41, 5.74) is 0. The minimum Gasteiger partial charge on any atom is -0.481 e. The van der Waals surface area contributed by atoms with Crippen LogP contribution in [-0.2, 0) is 4.79 Å². The molecule has 0 saturated carbocycles. The fourth-order valence-electron chi connectivity index (χ4n) is 0.670. The number of carbonyl (C=O) groups is 1. The van der Waals surface area contributed by atoms with Gasteiger partial charge < -0.3 is 5.11 Å². The third-order valence-corrected chi connectivity index (χ3v) is 1.83. The Bertz CT molecular complexity index is 132.